The molecule has 1 saturated heterocycles. The van der Waals surface area contributed by atoms with E-state index < -0.39 is 11.9 Å². The van der Waals surface area contributed by atoms with Crippen molar-refractivity contribution in [1.29, 1.82) is 0 Å². The number of amides is 1. The number of furan rings is 1. The van der Waals surface area contributed by atoms with Crippen molar-refractivity contribution in [1.82, 2.24) is 9.88 Å². The highest BCUT2D eigenvalue weighted by molar-refractivity contribution is 6.03. The van der Waals surface area contributed by atoms with E-state index in [2.05, 4.69) is 34.5 Å². The normalized spacial score (nSPS) is 14.8. The Morgan fingerprint density at radius 2 is 1.81 bits per heavy atom. The molecular weight excluding hydrogens is 414 g/mol. The lowest BCUT2D eigenvalue weighted by Crippen LogP contribution is -2.29. The van der Waals surface area contributed by atoms with Crippen molar-refractivity contribution in [2.75, 3.05) is 25.5 Å². The van der Waals surface area contributed by atoms with Gasteiger partial charge in [-0.25, -0.2) is 9.59 Å². The fourth-order valence-electron chi connectivity index (χ4n) is 3.62. The minimum absolute atomic E-state index is 0.226. The van der Waals surface area contributed by atoms with Crippen LogP contribution in [0.1, 0.15) is 34.9 Å². The molecule has 9 heteroatoms. The highest BCUT2D eigenvalue weighted by Crippen LogP contribution is 2.34. The molecular formula is C23H25N3O6. The number of carbonyl (C=O) groups is 3. The predicted octanol–water partition coefficient (Wildman–Crippen LogP) is 3.53. The number of nitrogens with one attached hydrogen (secondary N) is 2. The largest absolute Gasteiger partial charge is 0.478 e. The first-order valence-corrected chi connectivity index (χ1v) is 10.1. The number of aliphatic carboxylic acids is 2. The SMILES string of the molecule is CN1CCC(c2c[nH]c3ccc(NC(=O)c4ccco4)cc23)CC1.O=C(O)/C=C/C(=O)O. The van der Waals surface area contributed by atoms with E-state index in [1.807, 2.05) is 12.1 Å². The molecule has 1 aliphatic heterocycles. The number of hydrogen-bond acceptors (Lipinski definition) is 5. The van der Waals surface area contributed by atoms with E-state index in [1.54, 1.807) is 12.1 Å². The van der Waals surface area contributed by atoms with Gasteiger partial charge in [-0.05, 0) is 74.8 Å². The number of rotatable bonds is 5. The Morgan fingerprint density at radius 1 is 1.12 bits per heavy atom. The Hall–Kier alpha value is -3.85. The van der Waals surface area contributed by atoms with E-state index in [0.717, 1.165) is 24.3 Å². The lowest BCUT2D eigenvalue weighted by atomic mass is 9.89. The van der Waals surface area contributed by atoms with Crippen LogP contribution in [0, 0.1) is 0 Å². The summed E-state index contributed by atoms with van der Waals surface area (Å²) < 4.78 is 5.15. The molecule has 3 heterocycles. The number of nitrogens with zero attached hydrogens (tertiary/aromatic N) is 1. The number of carboxylic acids is 2. The van der Waals surface area contributed by atoms with Crippen LogP contribution in [0.2, 0.25) is 0 Å². The summed E-state index contributed by atoms with van der Waals surface area (Å²) >= 11 is 0. The van der Waals surface area contributed by atoms with Crippen molar-refractivity contribution >= 4 is 34.4 Å². The van der Waals surface area contributed by atoms with Gasteiger partial charge in [-0.15, -0.1) is 0 Å². The van der Waals surface area contributed by atoms with Gasteiger partial charge >= 0.3 is 11.9 Å². The average Bonchev–Trinajstić information content (AvgIpc) is 3.43. The summed E-state index contributed by atoms with van der Waals surface area (Å²) in [5, 5.41) is 19.7. The average molecular weight is 439 g/mol. The molecule has 0 saturated carbocycles. The number of carbonyl (C=O) groups excluding carboxylic acids is 1. The molecule has 4 N–H and O–H groups in total. The standard InChI is InChI=1S/C19H21N3O2.C4H4O4/c1-22-8-6-13(7-9-22)16-12-20-17-5-4-14(11-15(16)17)21-19(23)18-3-2-10-24-18;5-3(6)1-2-4(7)8/h2-5,10-13,20H,6-9H2,1H3,(H,21,23);1-2H,(H,5,6)(H,7,8)/b;2-1+. The van der Waals surface area contributed by atoms with Crippen molar-refractivity contribution in [3.63, 3.8) is 0 Å². The van der Waals surface area contributed by atoms with E-state index in [4.69, 9.17) is 14.6 Å². The maximum Gasteiger partial charge on any atom is 0.328 e. The van der Waals surface area contributed by atoms with Crippen molar-refractivity contribution in [2.45, 2.75) is 18.8 Å². The minimum Gasteiger partial charge on any atom is -0.478 e. The number of anilines is 1. The van der Waals surface area contributed by atoms with Crippen molar-refractivity contribution in [3.8, 4) is 0 Å². The van der Waals surface area contributed by atoms with Gasteiger partial charge in [0.05, 0.1) is 6.26 Å². The van der Waals surface area contributed by atoms with E-state index >= 15 is 0 Å². The van der Waals surface area contributed by atoms with Crippen LogP contribution >= 0.6 is 0 Å². The number of aromatic nitrogens is 1. The molecule has 168 valence electrons. The number of aromatic amines is 1. The van der Waals surface area contributed by atoms with Crippen LogP contribution in [0.5, 0.6) is 0 Å². The topological polar surface area (TPSA) is 136 Å². The molecule has 2 aromatic heterocycles. The number of fused-ring (bicyclic) bond motifs is 1. The summed E-state index contributed by atoms with van der Waals surface area (Å²) in [6.07, 6.45) is 7.09. The molecule has 0 spiro atoms. The summed E-state index contributed by atoms with van der Waals surface area (Å²) in [7, 11) is 2.17. The van der Waals surface area contributed by atoms with E-state index in [9.17, 15) is 14.4 Å². The summed E-state index contributed by atoms with van der Waals surface area (Å²) in [5.74, 6) is -1.85. The Bertz CT molecular complexity index is 1090. The fraction of sp³-hybridized carbons (Fsp3) is 0.261. The molecule has 0 radical (unpaired) electrons. The number of piperidine rings is 1. The fourth-order valence-corrected chi connectivity index (χ4v) is 3.62. The van der Waals surface area contributed by atoms with Crippen LogP contribution in [0.15, 0.2) is 59.4 Å². The second kappa shape index (κ2) is 10.5. The molecule has 1 amide bonds. The maximum absolute atomic E-state index is 12.2. The third-order valence-electron chi connectivity index (χ3n) is 5.24. The highest BCUT2D eigenvalue weighted by atomic mass is 16.4. The summed E-state index contributed by atoms with van der Waals surface area (Å²) in [6, 6.07) is 9.36. The molecule has 0 aliphatic carbocycles. The first kappa shape index (κ1) is 22.8. The van der Waals surface area contributed by atoms with E-state index in [0.29, 0.717) is 23.8 Å². The zero-order valence-electron chi connectivity index (χ0n) is 17.6. The Labute approximate surface area is 184 Å². The molecule has 3 aromatic rings. The quantitative estimate of drug-likeness (QED) is 0.447. The van der Waals surface area contributed by atoms with Gasteiger partial charge in [0.15, 0.2) is 5.76 Å². The van der Waals surface area contributed by atoms with Gasteiger partial charge in [0.1, 0.15) is 0 Å². The molecule has 0 bridgehead atoms. The number of H-pyrrole nitrogens is 1. The van der Waals surface area contributed by atoms with Crippen LogP contribution < -0.4 is 5.32 Å². The lowest BCUT2D eigenvalue weighted by Gasteiger charge is -2.28. The predicted molar refractivity (Wildman–Crippen MR) is 119 cm³/mol. The maximum atomic E-state index is 12.2. The number of hydrogen-bond donors (Lipinski definition) is 4. The van der Waals surface area contributed by atoms with Gasteiger partial charge in [-0.1, -0.05) is 0 Å². The van der Waals surface area contributed by atoms with Crippen LogP contribution in [-0.4, -0.2) is 58.1 Å². The third-order valence-corrected chi connectivity index (χ3v) is 5.24. The lowest BCUT2D eigenvalue weighted by molar-refractivity contribution is -0.134. The van der Waals surface area contributed by atoms with Gasteiger partial charge in [0.2, 0.25) is 0 Å². The van der Waals surface area contributed by atoms with Crippen LogP contribution in [0.4, 0.5) is 5.69 Å². The Kier molecular flexibility index (Phi) is 7.45. The van der Waals surface area contributed by atoms with Gasteiger partial charge in [0, 0.05) is 34.9 Å². The highest BCUT2D eigenvalue weighted by Gasteiger charge is 2.21. The van der Waals surface area contributed by atoms with Crippen LogP contribution in [0.3, 0.4) is 0 Å². The van der Waals surface area contributed by atoms with Crippen molar-refractivity contribution < 1.29 is 29.0 Å². The third kappa shape index (κ3) is 6.08. The van der Waals surface area contributed by atoms with Gasteiger partial charge in [0.25, 0.3) is 5.91 Å². The van der Waals surface area contributed by atoms with Crippen LogP contribution in [0.25, 0.3) is 10.9 Å². The Morgan fingerprint density at radius 3 is 2.41 bits per heavy atom. The molecule has 1 aromatic carbocycles. The zero-order valence-corrected chi connectivity index (χ0v) is 17.6. The van der Waals surface area contributed by atoms with Gasteiger partial charge in [-0.3, -0.25) is 4.79 Å². The number of benzene rings is 1. The van der Waals surface area contributed by atoms with Crippen molar-refractivity contribution in [3.05, 3.63) is 66.3 Å². The molecule has 4 rings (SSSR count). The van der Waals surface area contributed by atoms with E-state index in [-0.39, 0.29) is 5.91 Å². The molecule has 0 unspecified atom stereocenters. The Balaban J connectivity index is 0.000000312. The summed E-state index contributed by atoms with van der Waals surface area (Å²) in [5.41, 5.74) is 3.25. The molecule has 32 heavy (non-hydrogen) atoms. The number of likely N-dealkylation sites (tertiary alicyclic amines) is 1. The van der Waals surface area contributed by atoms with Gasteiger partial charge < -0.3 is 29.8 Å². The molecule has 9 nitrogen and oxygen atoms in total. The monoisotopic (exact) mass is 439 g/mol. The molecule has 1 fully saturated rings. The first-order chi connectivity index (χ1) is 15.3. The molecule has 1 aliphatic rings. The van der Waals surface area contributed by atoms with Crippen LogP contribution in [-0.2, 0) is 9.59 Å². The zero-order chi connectivity index (χ0) is 23.1. The number of carboxylic acid groups (broad SMARTS) is 2. The summed E-state index contributed by atoms with van der Waals surface area (Å²) in [6.45, 7) is 2.26. The first-order valence-electron chi connectivity index (χ1n) is 10.1. The van der Waals surface area contributed by atoms with Gasteiger partial charge in [-0.2, -0.15) is 0 Å². The van der Waals surface area contributed by atoms with E-state index in [1.165, 1.54) is 30.1 Å². The minimum atomic E-state index is -1.26. The smallest absolute Gasteiger partial charge is 0.328 e. The second-order valence-corrected chi connectivity index (χ2v) is 7.52. The second-order valence-electron chi connectivity index (χ2n) is 7.52. The molecule has 0 atom stereocenters. The van der Waals surface area contributed by atoms with Crippen molar-refractivity contribution in [2.24, 2.45) is 0 Å². The summed E-state index contributed by atoms with van der Waals surface area (Å²) in [4.78, 5) is 37.0.